The van der Waals surface area contributed by atoms with Crippen LogP contribution in [-0.4, -0.2) is 71.9 Å². The number of carboxylic acid groups (broad SMARTS) is 1. The first-order valence-electron chi connectivity index (χ1n) is 11.3. The lowest BCUT2D eigenvalue weighted by atomic mass is 10.0. The van der Waals surface area contributed by atoms with Crippen LogP contribution in [0.2, 0.25) is 0 Å². The molecule has 1 aromatic carbocycles. The summed E-state index contributed by atoms with van der Waals surface area (Å²) in [5.74, 6) is -3.93. The molecule has 14 heteroatoms. The number of thioether (sulfide) groups is 1. The molecule has 1 aliphatic heterocycles. The molecule has 2 aromatic rings. The predicted molar refractivity (Wildman–Crippen MR) is 129 cm³/mol. The number of aliphatic carboxylic acids is 1. The third-order valence-corrected chi connectivity index (χ3v) is 8.27. The first kappa shape index (κ1) is 28.0. The summed E-state index contributed by atoms with van der Waals surface area (Å²) >= 11 is 0.905. The van der Waals surface area contributed by atoms with Crippen molar-refractivity contribution in [3.63, 3.8) is 0 Å². The fourth-order valence-electron chi connectivity index (χ4n) is 3.35. The Morgan fingerprint density at radius 1 is 1.22 bits per heavy atom. The molecule has 1 atom stereocenters. The van der Waals surface area contributed by atoms with E-state index in [2.05, 4.69) is 19.6 Å². The smallest absolute Gasteiger partial charge is 0.302 e. The van der Waals surface area contributed by atoms with Gasteiger partial charge < -0.3 is 19.5 Å². The average molecular weight is 545 g/mol. The first-order valence-corrected chi connectivity index (χ1v) is 13.8. The van der Waals surface area contributed by atoms with Crippen LogP contribution in [0.5, 0.6) is 5.88 Å². The molecule has 10 nitrogen and oxygen atoms in total. The molecule has 0 bridgehead atoms. The topological polar surface area (TPSA) is 128 Å². The number of ether oxygens (including phenoxy) is 1. The Labute approximate surface area is 213 Å². The minimum absolute atomic E-state index is 0.0264. The van der Waals surface area contributed by atoms with Crippen molar-refractivity contribution in [3.05, 3.63) is 41.5 Å². The van der Waals surface area contributed by atoms with Gasteiger partial charge in [-0.2, -0.15) is 17.7 Å². The van der Waals surface area contributed by atoms with Gasteiger partial charge in [0.2, 0.25) is 5.88 Å². The van der Waals surface area contributed by atoms with Crippen LogP contribution in [0.4, 0.5) is 14.6 Å². The summed E-state index contributed by atoms with van der Waals surface area (Å²) in [6, 6.07) is 4.92. The van der Waals surface area contributed by atoms with Gasteiger partial charge in [-0.25, -0.2) is 13.8 Å². The van der Waals surface area contributed by atoms with Gasteiger partial charge in [0, 0.05) is 43.6 Å². The van der Waals surface area contributed by atoms with Gasteiger partial charge in [-0.15, -0.1) is 0 Å². The first-order chi connectivity index (χ1) is 17.0. The number of nitrogens with one attached hydrogen (secondary N) is 1. The number of nitrogens with zero attached hydrogens (tertiary/aromatic N) is 4. The van der Waals surface area contributed by atoms with E-state index < -0.39 is 33.4 Å². The molecule has 1 N–H and O–H groups in total. The third-order valence-electron chi connectivity index (χ3n) is 5.86. The summed E-state index contributed by atoms with van der Waals surface area (Å²) in [4.78, 5) is 22.1. The molecule has 0 aliphatic carbocycles. The van der Waals surface area contributed by atoms with Crippen LogP contribution in [0.25, 0.3) is 0 Å². The molecule has 36 heavy (non-hydrogen) atoms. The molecule has 0 amide bonds. The SMILES string of the molecule is CCN1CCN(S(=O)(=O)Nc2cc(O[C@](C)(CC)C(=O)[O-])nc(SCc3cccc(F)c3F)n2)CC1. The lowest BCUT2D eigenvalue weighted by Gasteiger charge is -2.33. The van der Waals surface area contributed by atoms with Gasteiger partial charge in [-0.3, -0.25) is 4.72 Å². The number of carboxylic acids is 1. The maximum absolute atomic E-state index is 14.1. The molecular formula is C22H28F2N5O5S2-. The van der Waals surface area contributed by atoms with Crippen LogP contribution in [0, 0.1) is 11.6 Å². The number of hydrogen-bond donors (Lipinski definition) is 1. The number of anilines is 1. The van der Waals surface area contributed by atoms with E-state index in [0.29, 0.717) is 13.1 Å². The van der Waals surface area contributed by atoms with E-state index in [1.165, 1.54) is 29.4 Å². The Balaban J connectivity index is 1.88. The monoisotopic (exact) mass is 544 g/mol. The highest BCUT2D eigenvalue weighted by Crippen LogP contribution is 2.28. The van der Waals surface area contributed by atoms with E-state index in [1.54, 1.807) is 6.92 Å². The number of piperazine rings is 1. The molecule has 1 aliphatic rings. The number of carbonyl (C=O) groups excluding carboxylic acids is 1. The molecule has 198 valence electrons. The number of likely N-dealkylation sites (N-methyl/N-ethyl adjacent to an activating group) is 1. The molecule has 2 heterocycles. The van der Waals surface area contributed by atoms with Crippen LogP contribution in [0.3, 0.4) is 0 Å². The largest absolute Gasteiger partial charge is 0.546 e. The molecule has 0 spiro atoms. The number of benzene rings is 1. The Kier molecular flexibility index (Phi) is 9.08. The van der Waals surface area contributed by atoms with Crippen LogP contribution in [-0.2, 0) is 20.8 Å². The lowest BCUT2D eigenvalue weighted by molar-refractivity contribution is -0.321. The Morgan fingerprint density at radius 2 is 1.92 bits per heavy atom. The van der Waals surface area contributed by atoms with Gasteiger partial charge in [-0.1, -0.05) is 37.7 Å². The van der Waals surface area contributed by atoms with Gasteiger partial charge in [0.15, 0.2) is 16.8 Å². The highest BCUT2D eigenvalue weighted by atomic mass is 32.2. The lowest BCUT2D eigenvalue weighted by Crippen LogP contribution is -2.50. The maximum atomic E-state index is 14.1. The van der Waals surface area contributed by atoms with Crippen molar-refractivity contribution in [2.45, 2.75) is 43.7 Å². The average Bonchev–Trinajstić information content (AvgIpc) is 2.84. The van der Waals surface area contributed by atoms with E-state index in [9.17, 15) is 27.1 Å². The van der Waals surface area contributed by atoms with Gasteiger partial charge in [0.1, 0.15) is 11.4 Å². The van der Waals surface area contributed by atoms with Crippen molar-refractivity contribution in [1.29, 1.82) is 0 Å². The zero-order chi connectivity index (χ0) is 26.5. The van der Waals surface area contributed by atoms with Gasteiger partial charge in [0.25, 0.3) is 0 Å². The molecule has 1 fully saturated rings. The van der Waals surface area contributed by atoms with Crippen molar-refractivity contribution in [3.8, 4) is 5.88 Å². The van der Waals surface area contributed by atoms with Crippen molar-refractivity contribution in [2.75, 3.05) is 37.4 Å². The summed E-state index contributed by atoms with van der Waals surface area (Å²) in [7, 11) is -3.98. The van der Waals surface area contributed by atoms with Gasteiger partial charge >= 0.3 is 10.2 Å². The Hall–Kier alpha value is -2.55. The van der Waals surface area contributed by atoms with Crippen molar-refractivity contribution >= 4 is 33.8 Å². The fraction of sp³-hybridized carbons (Fsp3) is 0.500. The van der Waals surface area contributed by atoms with Crippen LogP contribution in [0.15, 0.2) is 29.4 Å². The number of carbonyl (C=O) groups is 1. The van der Waals surface area contributed by atoms with E-state index in [-0.39, 0.29) is 47.7 Å². The summed E-state index contributed by atoms with van der Waals surface area (Å²) in [6.45, 7) is 7.43. The molecule has 3 rings (SSSR count). The molecule has 0 unspecified atom stereocenters. The number of aromatic nitrogens is 2. The van der Waals surface area contributed by atoms with E-state index in [4.69, 9.17) is 4.74 Å². The van der Waals surface area contributed by atoms with E-state index in [0.717, 1.165) is 24.4 Å². The minimum Gasteiger partial charge on any atom is -0.546 e. The highest BCUT2D eigenvalue weighted by molar-refractivity contribution is 7.98. The fourth-order valence-corrected chi connectivity index (χ4v) is 5.31. The Bertz CT molecular complexity index is 1200. The second-order valence-electron chi connectivity index (χ2n) is 8.29. The highest BCUT2D eigenvalue weighted by Gasteiger charge is 2.29. The quantitative estimate of drug-likeness (QED) is 0.332. The zero-order valence-corrected chi connectivity index (χ0v) is 21.8. The number of rotatable bonds is 11. The molecule has 1 saturated heterocycles. The van der Waals surface area contributed by atoms with Crippen LogP contribution < -0.4 is 14.6 Å². The third kappa shape index (κ3) is 6.81. The zero-order valence-electron chi connectivity index (χ0n) is 20.2. The maximum Gasteiger partial charge on any atom is 0.302 e. The van der Waals surface area contributed by atoms with Gasteiger partial charge in [0.05, 0.1) is 5.97 Å². The Morgan fingerprint density at radius 3 is 2.53 bits per heavy atom. The second-order valence-corrected chi connectivity index (χ2v) is 10.9. The molecule has 0 saturated carbocycles. The minimum atomic E-state index is -3.98. The molecular weight excluding hydrogens is 516 g/mol. The second kappa shape index (κ2) is 11.7. The number of hydrogen-bond acceptors (Lipinski definition) is 9. The van der Waals surface area contributed by atoms with Crippen molar-refractivity contribution in [1.82, 2.24) is 19.2 Å². The summed E-state index contributed by atoms with van der Waals surface area (Å²) in [6.07, 6.45) is 0.0408. The van der Waals surface area contributed by atoms with E-state index in [1.807, 2.05) is 6.92 Å². The van der Waals surface area contributed by atoms with Crippen LogP contribution >= 0.6 is 11.8 Å². The van der Waals surface area contributed by atoms with E-state index >= 15 is 0 Å². The predicted octanol–water partition coefficient (Wildman–Crippen LogP) is 1.64. The van der Waals surface area contributed by atoms with Gasteiger partial charge in [-0.05, 0) is 26.0 Å². The number of halogens is 2. The molecule has 0 radical (unpaired) electrons. The standard InChI is InChI=1S/C22H29F2N5O5S2/c1-4-22(3,20(30)31)34-18-13-17(27-36(32,33)29-11-9-28(5-2)10-12-29)25-21(26-18)35-14-15-7-6-8-16(23)19(15)24/h6-8,13H,4-5,9-12,14H2,1-3H3,(H,30,31)(H,25,26,27)/p-1/t22-/m1/s1. The summed E-state index contributed by atoms with van der Waals surface area (Å²) in [5.41, 5.74) is -1.68. The van der Waals surface area contributed by atoms with Crippen molar-refractivity contribution in [2.24, 2.45) is 0 Å². The summed E-state index contributed by atoms with van der Waals surface area (Å²) < 4.78 is 62.8. The molecule has 1 aromatic heterocycles. The summed E-state index contributed by atoms with van der Waals surface area (Å²) in [5, 5.41) is 11.6. The normalized spacial score (nSPS) is 16.9. The van der Waals surface area contributed by atoms with Crippen LogP contribution in [0.1, 0.15) is 32.8 Å². The van der Waals surface area contributed by atoms with Crippen molar-refractivity contribution < 1.29 is 31.8 Å².